The lowest BCUT2D eigenvalue weighted by molar-refractivity contribution is 0.0376. The number of morpholine rings is 1. The van der Waals surface area contributed by atoms with Gasteiger partial charge in [-0.3, -0.25) is 14.6 Å². The summed E-state index contributed by atoms with van der Waals surface area (Å²) in [6.07, 6.45) is 4.26. The summed E-state index contributed by atoms with van der Waals surface area (Å²) in [7, 11) is 1.82. The quantitative estimate of drug-likeness (QED) is 0.596. The first-order chi connectivity index (χ1) is 14.0. The lowest BCUT2D eigenvalue weighted by atomic mass is 10.2. The number of aryl methyl sites for hydroxylation is 2. The molecule has 29 heavy (non-hydrogen) atoms. The Balaban J connectivity index is 1.61. The zero-order valence-corrected chi connectivity index (χ0v) is 18.2. The SMILES string of the molecule is Cc1ccc(Cl)c2sc(N(CCCN3CCOCC3)C(=O)c3nccn3C)nc12. The van der Waals surface area contributed by atoms with Crippen molar-refractivity contribution in [2.75, 3.05) is 44.3 Å². The number of imidazole rings is 1. The average Bonchev–Trinajstić information content (AvgIpc) is 3.36. The number of amides is 1. The van der Waals surface area contributed by atoms with E-state index in [9.17, 15) is 4.79 Å². The van der Waals surface area contributed by atoms with Gasteiger partial charge in [0, 0.05) is 45.6 Å². The molecule has 0 radical (unpaired) electrons. The molecule has 3 aromatic rings. The van der Waals surface area contributed by atoms with Crippen LogP contribution < -0.4 is 4.90 Å². The van der Waals surface area contributed by atoms with Crippen molar-refractivity contribution in [1.29, 1.82) is 0 Å². The fourth-order valence-electron chi connectivity index (χ4n) is 3.46. The number of hydrogen-bond donors (Lipinski definition) is 0. The summed E-state index contributed by atoms with van der Waals surface area (Å²) in [5, 5.41) is 1.32. The fraction of sp³-hybridized carbons (Fsp3) is 0.450. The molecule has 0 saturated carbocycles. The minimum Gasteiger partial charge on any atom is -0.379 e. The number of anilines is 1. The second-order valence-corrected chi connectivity index (χ2v) is 8.55. The molecular weight excluding hydrogens is 410 g/mol. The minimum atomic E-state index is -0.146. The van der Waals surface area contributed by atoms with Crippen LogP contribution in [0.15, 0.2) is 24.5 Å². The first-order valence-corrected chi connectivity index (χ1v) is 10.9. The molecule has 1 aliphatic heterocycles. The van der Waals surface area contributed by atoms with Crippen molar-refractivity contribution < 1.29 is 9.53 Å². The third-order valence-electron chi connectivity index (χ3n) is 5.13. The van der Waals surface area contributed by atoms with Crippen LogP contribution in [0.4, 0.5) is 5.13 Å². The van der Waals surface area contributed by atoms with Crippen LogP contribution >= 0.6 is 22.9 Å². The van der Waals surface area contributed by atoms with Gasteiger partial charge in [-0.25, -0.2) is 9.97 Å². The number of halogens is 1. The highest BCUT2D eigenvalue weighted by Gasteiger charge is 2.25. The highest BCUT2D eigenvalue weighted by Crippen LogP contribution is 2.36. The van der Waals surface area contributed by atoms with Crippen molar-refractivity contribution in [3.63, 3.8) is 0 Å². The van der Waals surface area contributed by atoms with E-state index < -0.39 is 0 Å². The van der Waals surface area contributed by atoms with E-state index in [4.69, 9.17) is 21.3 Å². The standard InChI is InChI=1S/C20H24ClN5O2S/c1-14-4-5-15(21)17-16(14)23-20(29-17)26(19(27)18-22-6-9-24(18)2)8-3-7-25-10-12-28-13-11-25/h4-6,9H,3,7-8,10-13H2,1-2H3. The van der Waals surface area contributed by atoms with E-state index >= 15 is 0 Å². The number of thiazole rings is 1. The molecule has 0 unspecified atom stereocenters. The molecule has 0 N–H and O–H groups in total. The first-order valence-electron chi connectivity index (χ1n) is 9.69. The van der Waals surface area contributed by atoms with E-state index in [1.807, 2.05) is 26.1 Å². The van der Waals surface area contributed by atoms with Gasteiger partial charge in [-0.15, -0.1) is 0 Å². The van der Waals surface area contributed by atoms with E-state index in [0.717, 1.165) is 55.0 Å². The fourth-order valence-corrected chi connectivity index (χ4v) is 4.80. The maximum Gasteiger partial charge on any atom is 0.296 e. The average molecular weight is 434 g/mol. The molecule has 3 heterocycles. The summed E-state index contributed by atoms with van der Waals surface area (Å²) in [6, 6.07) is 3.84. The Morgan fingerprint density at radius 3 is 2.83 bits per heavy atom. The predicted octanol–water partition coefficient (Wildman–Crippen LogP) is 3.36. The number of ether oxygens (including phenoxy) is 1. The summed E-state index contributed by atoms with van der Waals surface area (Å²) < 4.78 is 8.06. The Kier molecular flexibility index (Phi) is 6.15. The zero-order valence-electron chi connectivity index (χ0n) is 16.6. The van der Waals surface area contributed by atoms with Crippen LogP contribution in [0.2, 0.25) is 5.02 Å². The molecule has 154 valence electrons. The van der Waals surface area contributed by atoms with E-state index in [-0.39, 0.29) is 5.91 Å². The van der Waals surface area contributed by atoms with E-state index in [0.29, 0.717) is 22.5 Å². The predicted molar refractivity (Wildman–Crippen MR) is 116 cm³/mol. The molecule has 4 rings (SSSR count). The van der Waals surface area contributed by atoms with Crippen molar-refractivity contribution in [2.45, 2.75) is 13.3 Å². The van der Waals surface area contributed by atoms with E-state index in [1.54, 1.807) is 21.9 Å². The Bertz CT molecular complexity index is 973. The molecule has 9 heteroatoms. The van der Waals surface area contributed by atoms with Crippen LogP contribution in [-0.2, 0) is 11.8 Å². The van der Waals surface area contributed by atoms with Gasteiger partial charge in [-0.05, 0) is 25.0 Å². The highest BCUT2D eigenvalue weighted by molar-refractivity contribution is 7.23. The molecule has 0 atom stereocenters. The third-order valence-corrected chi connectivity index (χ3v) is 6.67. The summed E-state index contributed by atoms with van der Waals surface area (Å²) in [6.45, 7) is 6.90. The van der Waals surface area contributed by atoms with Crippen LogP contribution in [0.25, 0.3) is 10.2 Å². The van der Waals surface area contributed by atoms with Crippen molar-refractivity contribution in [2.24, 2.45) is 7.05 Å². The largest absolute Gasteiger partial charge is 0.379 e. The molecule has 0 bridgehead atoms. The number of hydrogen-bond acceptors (Lipinski definition) is 6. The summed E-state index contributed by atoms with van der Waals surface area (Å²) in [5.74, 6) is 0.255. The molecule has 1 fully saturated rings. The molecule has 1 aliphatic rings. The number of carbonyl (C=O) groups excluding carboxylic acids is 1. The Hall–Kier alpha value is -2.00. The van der Waals surface area contributed by atoms with E-state index in [2.05, 4.69) is 9.88 Å². The van der Waals surface area contributed by atoms with Crippen molar-refractivity contribution in [3.05, 3.63) is 40.9 Å². The number of aromatic nitrogens is 3. The topological polar surface area (TPSA) is 63.5 Å². The molecular formula is C20H24ClN5O2S. The second kappa shape index (κ2) is 8.79. The number of nitrogens with zero attached hydrogens (tertiary/aromatic N) is 5. The van der Waals surface area contributed by atoms with Gasteiger partial charge in [0.05, 0.1) is 28.5 Å². The Morgan fingerprint density at radius 2 is 2.14 bits per heavy atom. The highest BCUT2D eigenvalue weighted by atomic mass is 35.5. The van der Waals surface area contributed by atoms with Gasteiger partial charge >= 0.3 is 0 Å². The Labute approximate surface area is 178 Å². The maximum absolute atomic E-state index is 13.3. The second-order valence-electron chi connectivity index (χ2n) is 7.16. The maximum atomic E-state index is 13.3. The van der Waals surface area contributed by atoms with Crippen molar-refractivity contribution in [3.8, 4) is 0 Å². The van der Waals surface area contributed by atoms with Crippen LogP contribution in [0, 0.1) is 6.92 Å². The molecule has 7 nitrogen and oxygen atoms in total. The number of fused-ring (bicyclic) bond motifs is 1. The van der Waals surface area contributed by atoms with Crippen LogP contribution in [0.3, 0.4) is 0 Å². The van der Waals surface area contributed by atoms with Crippen LogP contribution in [0.5, 0.6) is 0 Å². The van der Waals surface area contributed by atoms with Gasteiger partial charge in [0.1, 0.15) is 0 Å². The van der Waals surface area contributed by atoms with Crippen LogP contribution in [0.1, 0.15) is 22.6 Å². The van der Waals surface area contributed by atoms with E-state index in [1.165, 1.54) is 11.3 Å². The van der Waals surface area contributed by atoms with Gasteiger partial charge in [-0.1, -0.05) is 29.0 Å². The normalized spacial score (nSPS) is 15.1. The summed E-state index contributed by atoms with van der Waals surface area (Å²) in [5.41, 5.74) is 1.90. The molecule has 2 aromatic heterocycles. The number of benzene rings is 1. The van der Waals surface area contributed by atoms with Crippen molar-refractivity contribution in [1.82, 2.24) is 19.4 Å². The molecule has 1 aromatic carbocycles. The first kappa shape index (κ1) is 20.3. The minimum absolute atomic E-state index is 0.146. The molecule has 1 amide bonds. The van der Waals surface area contributed by atoms with Gasteiger partial charge < -0.3 is 9.30 Å². The number of rotatable bonds is 6. The Morgan fingerprint density at radius 1 is 1.34 bits per heavy atom. The molecule has 0 spiro atoms. The van der Waals surface area contributed by atoms with Gasteiger partial charge in [-0.2, -0.15) is 0 Å². The summed E-state index contributed by atoms with van der Waals surface area (Å²) in [4.78, 5) is 26.4. The summed E-state index contributed by atoms with van der Waals surface area (Å²) >= 11 is 7.84. The van der Waals surface area contributed by atoms with Gasteiger partial charge in [0.2, 0.25) is 0 Å². The third kappa shape index (κ3) is 4.30. The van der Waals surface area contributed by atoms with Gasteiger partial charge in [0.25, 0.3) is 5.91 Å². The zero-order chi connectivity index (χ0) is 20.4. The molecule has 0 aliphatic carbocycles. The number of carbonyl (C=O) groups is 1. The van der Waals surface area contributed by atoms with Gasteiger partial charge in [0.15, 0.2) is 11.0 Å². The van der Waals surface area contributed by atoms with Crippen molar-refractivity contribution >= 4 is 44.2 Å². The lowest BCUT2D eigenvalue weighted by Gasteiger charge is -2.27. The monoisotopic (exact) mass is 433 g/mol. The van der Waals surface area contributed by atoms with Crippen LogP contribution in [-0.4, -0.2) is 64.7 Å². The molecule has 1 saturated heterocycles. The lowest BCUT2D eigenvalue weighted by Crippen LogP contribution is -2.39. The smallest absolute Gasteiger partial charge is 0.296 e.